The maximum Gasteiger partial charge on any atom is 0.414 e. The summed E-state index contributed by atoms with van der Waals surface area (Å²) >= 11 is 0. The van der Waals surface area contributed by atoms with E-state index in [4.69, 9.17) is 4.74 Å². The number of hydrogen-bond acceptors (Lipinski definition) is 5. The zero-order valence-corrected chi connectivity index (χ0v) is 17.1. The molecule has 10 heteroatoms. The van der Waals surface area contributed by atoms with E-state index in [2.05, 4.69) is 20.3 Å². The number of nitrogens with zero attached hydrogens (tertiary/aromatic N) is 4. The third-order valence-electron chi connectivity index (χ3n) is 5.19. The predicted octanol–water partition coefficient (Wildman–Crippen LogP) is 3.02. The highest BCUT2D eigenvalue weighted by molar-refractivity contribution is 5.90. The quantitative estimate of drug-likeness (QED) is 0.502. The van der Waals surface area contributed by atoms with Crippen molar-refractivity contribution in [1.82, 2.24) is 24.8 Å². The van der Waals surface area contributed by atoms with Crippen molar-refractivity contribution in [2.45, 2.75) is 13.0 Å². The summed E-state index contributed by atoms with van der Waals surface area (Å²) in [6.45, 7) is 1.81. The van der Waals surface area contributed by atoms with Crippen LogP contribution in [0.15, 0.2) is 55.0 Å². The fraction of sp³-hybridized carbons (Fsp3) is 0.182. The lowest BCUT2D eigenvalue weighted by Gasteiger charge is -2.14. The van der Waals surface area contributed by atoms with Crippen LogP contribution in [0.1, 0.15) is 6.92 Å². The first-order valence-corrected chi connectivity index (χ1v) is 9.99. The van der Waals surface area contributed by atoms with Crippen molar-refractivity contribution in [3.8, 4) is 17.2 Å². The minimum Gasteiger partial charge on any atom is -0.442 e. The van der Waals surface area contributed by atoms with Gasteiger partial charge in [0.05, 0.1) is 35.5 Å². The fourth-order valence-corrected chi connectivity index (χ4v) is 3.62. The zero-order chi connectivity index (χ0) is 22.2. The van der Waals surface area contributed by atoms with Crippen LogP contribution < -0.4 is 10.2 Å². The standard InChI is InChI=1S/C22H19FN6O3/c1-13(30)24-9-15-10-29(22(31)32-15)14-6-7-20(16(23)8-14)28-11-19(25-12-28)21-26-17-4-2-3-5-18(17)27-21/h2-8,11-12,15H,9-10H2,1H3,(H,24,30)(H,26,27)/t15-/m0/s1. The molecule has 9 nitrogen and oxygen atoms in total. The molecule has 162 valence electrons. The molecule has 1 aliphatic heterocycles. The first-order chi connectivity index (χ1) is 15.5. The second-order valence-corrected chi connectivity index (χ2v) is 7.46. The highest BCUT2D eigenvalue weighted by Gasteiger charge is 2.32. The minimum atomic E-state index is -0.581. The molecule has 0 unspecified atom stereocenters. The summed E-state index contributed by atoms with van der Waals surface area (Å²) in [5, 5.41) is 2.61. The summed E-state index contributed by atoms with van der Waals surface area (Å²) in [5.74, 6) is -0.140. The number of cyclic esters (lactones) is 1. The number of H-pyrrole nitrogens is 1. The molecule has 5 rings (SSSR count). The van der Waals surface area contributed by atoms with Crippen LogP contribution in [-0.4, -0.2) is 50.7 Å². The number of aromatic amines is 1. The molecule has 0 radical (unpaired) electrons. The van der Waals surface area contributed by atoms with Crippen molar-refractivity contribution in [2.75, 3.05) is 18.0 Å². The molecule has 2 aromatic heterocycles. The molecule has 0 saturated carbocycles. The summed E-state index contributed by atoms with van der Waals surface area (Å²) in [7, 11) is 0. The van der Waals surface area contributed by atoms with Crippen molar-refractivity contribution in [1.29, 1.82) is 0 Å². The number of halogens is 1. The van der Waals surface area contributed by atoms with E-state index in [1.807, 2.05) is 24.3 Å². The molecule has 1 aliphatic rings. The number of carbonyl (C=O) groups is 2. The Hall–Kier alpha value is -4.21. The lowest BCUT2D eigenvalue weighted by Crippen LogP contribution is -2.33. The Bertz CT molecular complexity index is 1300. The van der Waals surface area contributed by atoms with E-state index in [0.29, 0.717) is 17.2 Å². The maximum absolute atomic E-state index is 14.9. The van der Waals surface area contributed by atoms with Gasteiger partial charge < -0.3 is 19.6 Å². The lowest BCUT2D eigenvalue weighted by atomic mass is 10.2. The fourth-order valence-electron chi connectivity index (χ4n) is 3.62. The highest BCUT2D eigenvalue weighted by atomic mass is 19.1. The predicted molar refractivity (Wildman–Crippen MR) is 115 cm³/mol. The number of imidazole rings is 2. The Labute approximate surface area is 181 Å². The molecule has 2 amide bonds. The van der Waals surface area contributed by atoms with Crippen molar-refractivity contribution < 1.29 is 18.7 Å². The summed E-state index contributed by atoms with van der Waals surface area (Å²) in [4.78, 5) is 36.6. The van der Waals surface area contributed by atoms with Crippen molar-refractivity contribution >= 4 is 28.7 Å². The van der Waals surface area contributed by atoms with Gasteiger partial charge in [0.1, 0.15) is 23.9 Å². The van der Waals surface area contributed by atoms with Crippen LogP contribution in [0, 0.1) is 5.82 Å². The van der Waals surface area contributed by atoms with Gasteiger partial charge in [-0.2, -0.15) is 0 Å². The lowest BCUT2D eigenvalue weighted by molar-refractivity contribution is -0.119. The second kappa shape index (κ2) is 7.80. The number of anilines is 1. The van der Waals surface area contributed by atoms with Gasteiger partial charge in [0.25, 0.3) is 0 Å². The van der Waals surface area contributed by atoms with Gasteiger partial charge in [-0.1, -0.05) is 12.1 Å². The molecule has 3 heterocycles. The van der Waals surface area contributed by atoms with E-state index in [0.717, 1.165) is 11.0 Å². The molecule has 32 heavy (non-hydrogen) atoms. The Morgan fingerprint density at radius 3 is 2.94 bits per heavy atom. The number of amides is 2. The van der Waals surface area contributed by atoms with Crippen LogP contribution in [0.3, 0.4) is 0 Å². The monoisotopic (exact) mass is 434 g/mol. The van der Waals surface area contributed by atoms with Crippen molar-refractivity contribution in [2.24, 2.45) is 0 Å². The number of rotatable bonds is 5. The second-order valence-electron chi connectivity index (χ2n) is 7.46. The van der Waals surface area contributed by atoms with E-state index in [-0.39, 0.29) is 24.7 Å². The number of para-hydroxylation sites is 2. The summed E-state index contributed by atoms with van der Waals surface area (Å²) in [6.07, 6.45) is 2.12. The third kappa shape index (κ3) is 3.66. The van der Waals surface area contributed by atoms with Crippen LogP contribution in [0.2, 0.25) is 0 Å². The average molecular weight is 434 g/mol. The largest absolute Gasteiger partial charge is 0.442 e. The average Bonchev–Trinajstić information content (AvgIpc) is 3.49. The van der Waals surface area contributed by atoms with Gasteiger partial charge in [0.15, 0.2) is 5.82 Å². The van der Waals surface area contributed by atoms with E-state index in [1.165, 1.54) is 24.2 Å². The summed E-state index contributed by atoms with van der Waals surface area (Å²) in [6, 6.07) is 12.1. The molecule has 2 aromatic carbocycles. The minimum absolute atomic E-state index is 0.206. The van der Waals surface area contributed by atoms with Crippen LogP contribution in [0.4, 0.5) is 14.9 Å². The molecule has 1 saturated heterocycles. The molecule has 4 aromatic rings. The van der Waals surface area contributed by atoms with Gasteiger partial charge in [-0.05, 0) is 30.3 Å². The van der Waals surface area contributed by atoms with Crippen molar-refractivity contribution in [3.05, 3.63) is 60.8 Å². The number of aromatic nitrogens is 4. The Morgan fingerprint density at radius 2 is 2.16 bits per heavy atom. The van der Waals surface area contributed by atoms with Gasteiger partial charge in [0, 0.05) is 13.1 Å². The number of benzene rings is 2. The molecule has 0 spiro atoms. The molecule has 0 aliphatic carbocycles. The van der Waals surface area contributed by atoms with Crippen molar-refractivity contribution in [3.63, 3.8) is 0 Å². The van der Waals surface area contributed by atoms with Gasteiger partial charge in [-0.25, -0.2) is 19.2 Å². The molecule has 2 N–H and O–H groups in total. The van der Waals surface area contributed by atoms with Gasteiger partial charge >= 0.3 is 6.09 Å². The molecule has 1 fully saturated rings. The Balaban J connectivity index is 1.36. The number of ether oxygens (including phenoxy) is 1. The van der Waals surface area contributed by atoms with Gasteiger partial charge in [-0.15, -0.1) is 0 Å². The van der Waals surface area contributed by atoms with E-state index < -0.39 is 18.0 Å². The smallest absolute Gasteiger partial charge is 0.414 e. The Morgan fingerprint density at radius 1 is 1.31 bits per heavy atom. The zero-order valence-electron chi connectivity index (χ0n) is 17.1. The third-order valence-corrected chi connectivity index (χ3v) is 5.19. The summed E-state index contributed by atoms with van der Waals surface area (Å²) in [5.41, 5.74) is 2.95. The molecule has 1 atom stereocenters. The van der Waals surface area contributed by atoms with Crippen LogP contribution in [0.5, 0.6) is 0 Å². The van der Waals surface area contributed by atoms with Crippen LogP contribution in [-0.2, 0) is 9.53 Å². The van der Waals surface area contributed by atoms with E-state index in [1.54, 1.807) is 22.9 Å². The SMILES string of the molecule is CC(=O)NC[C@H]1CN(c2ccc(-n3cnc(-c4nc5ccccc5[nH]4)c3)c(F)c2)C(=O)O1. The maximum atomic E-state index is 14.9. The number of nitrogens with one attached hydrogen (secondary N) is 2. The molecule has 0 bridgehead atoms. The van der Waals surface area contributed by atoms with Crippen LogP contribution in [0.25, 0.3) is 28.2 Å². The highest BCUT2D eigenvalue weighted by Crippen LogP contribution is 2.26. The topological polar surface area (TPSA) is 105 Å². The first-order valence-electron chi connectivity index (χ1n) is 9.99. The molecular weight excluding hydrogens is 415 g/mol. The normalized spacial score (nSPS) is 15.9. The molecular formula is C22H19FN6O3. The Kier molecular flexibility index (Phi) is 4.81. The van der Waals surface area contributed by atoms with Crippen LogP contribution >= 0.6 is 0 Å². The first kappa shape index (κ1) is 19.7. The summed E-state index contributed by atoms with van der Waals surface area (Å²) < 4.78 is 21.7. The van der Waals surface area contributed by atoms with Gasteiger partial charge in [-0.3, -0.25) is 9.69 Å². The number of hydrogen-bond donors (Lipinski definition) is 2. The van der Waals surface area contributed by atoms with E-state index in [9.17, 15) is 14.0 Å². The number of fused-ring (bicyclic) bond motifs is 1. The van der Waals surface area contributed by atoms with E-state index >= 15 is 0 Å². The van der Waals surface area contributed by atoms with Gasteiger partial charge in [0.2, 0.25) is 5.91 Å². The number of carbonyl (C=O) groups excluding carboxylic acids is 2.